The first kappa shape index (κ1) is 15.7. The van der Waals surface area contributed by atoms with Gasteiger partial charge in [-0.2, -0.15) is 0 Å². The van der Waals surface area contributed by atoms with Crippen LogP contribution in [-0.2, 0) is 9.59 Å². The molecule has 114 valence electrons. The predicted octanol–water partition coefficient (Wildman–Crippen LogP) is 2.84. The minimum Gasteiger partial charge on any atom is -0.314 e. The highest BCUT2D eigenvalue weighted by Gasteiger charge is 2.19. The fraction of sp³-hybridized carbons (Fsp3) is 0.176. The third-order valence-electron chi connectivity index (χ3n) is 3.31. The van der Waals surface area contributed by atoms with E-state index in [1.807, 2.05) is 18.2 Å². The lowest BCUT2D eigenvalue weighted by Crippen LogP contribution is -2.40. The number of hydrogen-bond acceptors (Lipinski definition) is 2. The van der Waals surface area contributed by atoms with E-state index in [9.17, 15) is 14.0 Å². The number of carbonyl (C=O) groups is 2. The molecule has 2 rings (SSSR count). The molecule has 0 atom stereocenters. The van der Waals surface area contributed by atoms with Crippen LogP contribution >= 0.6 is 0 Å². The van der Waals surface area contributed by atoms with E-state index >= 15 is 0 Å². The second-order valence-electron chi connectivity index (χ2n) is 4.87. The molecule has 22 heavy (non-hydrogen) atoms. The van der Waals surface area contributed by atoms with Crippen molar-refractivity contribution in [1.29, 1.82) is 0 Å². The van der Waals surface area contributed by atoms with E-state index in [-0.39, 0.29) is 18.4 Å². The van der Waals surface area contributed by atoms with Gasteiger partial charge in [-0.3, -0.25) is 9.59 Å². The quantitative estimate of drug-likeness (QED) is 0.871. The second kappa shape index (κ2) is 6.85. The lowest BCUT2D eigenvalue weighted by Gasteiger charge is -2.24. The van der Waals surface area contributed by atoms with Crippen LogP contribution in [-0.4, -0.2) is 25.4 Å². The first-order chi connectivity index (χ1) is 10.5. The maximum atomic E-state index is 13.3. The van der Waals surface area contributed by atoms with Crippen molar-refractivity contribution < 1.29 is 14.0 Å². The van der Waals surface area contributed by atoms with Crippen LogP contribution in [0.5, 0.6) is 0 Å². The van der Waals surface area contributed by atoms with Crippen molar-refractivity contribution in [2.75, 3.05) is 23.4 Å². The summed E-state index contributed by atoms with van der Waals surface area (Å²) in [6.45, 7) is 1.20. The van der Waals surface area contributed by atoms with Gasteiger partial charge in [0.2, 0.25) is 11.8 Å². The number of halogens is 1. The van der Waals surface area contributed by atoms with E-state index in [0.29, 0.717) is 5.69 Å². The maximum absolute atomic E-state index is 13.3. The molecule has 0 saturated heterocycles. The number of amides is 2. The molecule has 2 aromatic carbocycles. The van der Waals surface area contributed by atoms with Gasteiger partial charge in [-0.1, -0.05) is 24.3 Å². The summed E-state index contributed by atoms with van der Waals surface area (Å²) in [6.07, 6.45) is 0. The zero-order chi connectivity index (χ0) is 16.1. The Kier molecular flexibility index (Phi) is 4.88. The van der Waals surface area contributed by atoms with Gasteiger partial charge in [0, 0.05) is 25.3 Å². The van der Waals surface area contributed by atoms with Gasteiger partial charge in [0.15, 0.2) is 0 Å². The highest BCUT2D eigenvalue weighted by molar-refractivity contribution is 6.02. The molecule has 2 aromatic rings. The van der Waals surface area contributed by atoms with Crippen molar-refractivity contribution in [3.63, 3.8) is 0 Å². The molecular formula is C17H17FN2O2. The van der Waals surface area contributed by atoms with Crippen molar-refractivity contribution >= 4 is 23.2 Å². The highest BCUT2D eigenvalue weighted by atomic mass is 19.1. The van der Waals surface area contributed by atoms with Gasteiger partial charge in [0.25, 0.3) is 0 Å². The van der Waals surface area contributed by atoms with E-state index < -0.39 is 5.82 Å². The zero-order valence-corrected chi connectivity index (χ0v) is 12.5. The SMILES string of the molecule is CC(=O)N(CC(=O)N(C)c1ccccc1)c1cccc(F)c1. The Morgan fingerprint density at radius 1 is 1.00 bits per heavy atom. The van der Waals surface area contributed by atoms with E-state index in [2.05, 4.69) is 0 Å². The summed E-state index contributed by atoms with van der Waals surface area (Å²) in [7, 11) is 1.64. The fourth-order valence-corrected chi connectivity index (χ4v) is 2.07. The molecule has 4 nitrogen and oxygen atoms in total. The van der Waals surface area contributed by atoms with Gasteiger partial charge >= 0.3 is 0 Å². The molecule has 2 amide bonds. The minimum absolute atomic E-state index is 0.149. The van der Waals surface area contributed by atoms with Gasteiger partial charge in [-0.15, -0.1) is 0 Å². The number of nitrogens with zero attached hydrogens (tertiary/aromatic N) is 2. The molecule has 0 heterocycles. The van der Waals surface area contributed by atoms with Gasteiger partial charge in [0.05, 0.1) is 0 Å². The van der Waals surface area contributed by atoms with E-state index in [0.717, 1.165) is 5.69 Å². The topological polar surface area (TPSA) is 40.6 Å². The molecule has 0 spiro atoms. The molecule has 0 unspecified atom stereocenters. The van der Waals surface area contributed by atoms with Crippen molar-refractivity contribution in [1.82, 2.24) is 0 Å². The lowest BCUT2D eigenvalue weighted by molar-refractivity contribution is -0.121. The first-order valence-electron chi connectivity index (χ1n) is 6.84. The summed E-state index contributed by atoms with van der Waals surface area (Å²) in [6, 6.07) is 14.7. The molecular weight excluding hydrogens is 283 g/mol. The summed E-state index contributed by atoms with van der Waals surface area (Å²) in [4.78, 5) is 26.9. The van der Waals surface area contributed by atoms with Gasteiger partial charge in [-0.05, 0) is 30.3 Å². The van der Waals surface area contributed by atoms with Crippen LogP contribution in [0.3, 0.4) is 0 Å². The van der Waals surface area contributed by atoms with Gasteiger partial charge < -0.3 is 9.80 Å². The van der Waals surface area contributed by atoms with Crippen LogP contribution in [0, 0.1) is 5.82 Å². The second-order valence-corrected chi connectivity index (χ2v) is 4.87. The Balaban J connectivity index is 2.18. The third-order valence-corrected chi connectivity index (χ3v) is 3.31. The largest absolute Gasteiger partial charge is 0.314 e. The van der Waals surface area contributed by atoms with Crippen molar-refractivity contribution in [2.45, 2.75) is 6.92 Å². The van der Waals surface area contributed by atoms with Crippen LogP contribution in [0.25, 0.3) is 0 Å². The molecule has 0 aliphatic carbocycles. The van der Waals surface area contributed by atoms with Crippen molar-refractivity contribution in [2.24, 2.45) is 0 Å². The number of para-hydroxylation sites is 1. The summed E-state index contributed by atoms with van der Waals surface area (Å²) >= 11 is 0. The molecule has 0 radical (unpaired) electrons. The van der Waals surface area contributed by atoms with Crippen LogP contribution in [0.4, 0.5) is 15.8 Å². The van der Waals surface area contributed by atoms with E-state index in [1.165, 1.54) is 34.9 Å². The monoisotopic (exact) mass is 300 g/mol. The van der Waals surface area contributed by atoms with Gasteiger partial charge in [-0.25, -0.2) is 4.39 Å². The number of anilines is 2. The third kappa shape index (κ3) is 3.69. The molecule has 0 fully saturated rings. The lowest BCUT2D eigenvalue weighted by atomic mass is 10.2. The highest BCUT2D eigenvalue weighted by Crippen LogP contribution is 2.17. The Hall–Kier alpha value is -2.69. The number of likely N-dealkylation sites (N-methyl/N-ethyl adjacent to an activating group) is 1. The molecule has 0 aromatic heterocycles. The van der Waals surface area contributed by atoms with Crippen molar-refractivity contribution in [3.8, 4) is 0 Å². The Morgan fingerprint density at radius 3 is 2.23 bits per heavy atom. The zero-order valence-electron chi connectivity index (χ0n) is 12.5. The molecule has 0 aliphatic heterocycles. The van der Waals surface area contributed by atoms with Crippen LogP contribution in [0.1, 0.15) is 6.92 Å². The Bertz CT molecular complexity index is 673. The molecule has 0 N–H and O–H groups in total. The normalized spacial score (nSPS) is 10.1. The smallest absolute Gasteiger partial charge is 0.246 e. The summed E-state index contributed by atoms with van der Waals surface area (Å²) in [5, 5.41) is 0. The summed E-state index contributed by atoms with van der Waals surface area (Å²) < 4.78 is 13.3. The Morgan fingerprint density at radius 2 is 1.64 bits per heavy atom. The Labute approximate surface area is 128 Å². The number of rotatable bonds is 4. The maximum Gasteiger partial charge on any atom is 0.246 e. The van der Waals surface area contributed by atoms with E-state index in [4.69, 9.17) is 0 Å². The predicted molar refractivity (Wildman–Crippen MR) is 84.3 cm³/mol. The van der Waals surface area contributed by atoms with Crippen LogP contribution in [0.15, 0.2) is 54.6 Å². The number of hydrogen-bond donors (Lipinski definition) is 0. The van der Waals surface area contributed by atoms with Crippen LogP contribution in [0.2, 0.25) is 0 Å². The average molecular weight is 300 g/mol. The average Bonchev–Trinajstić information content (AvgIpc) is 2.52. The number of carbonyl (C=O) groups excluding carboxylic acids is 2. The fourth-order valence-electron chi connectivity index (χ4n) is 2.07. The molecule has 0 bridgehead atoms. The molecule has 5 heteroatoms. The standard InChI is InChI=1S/C17H17FN2O2/c1-13(21)20(16-10-6-7-14(18)11-16)12-17(22)19(2)15-8-4-3-5-9-15/h3-11H,12H2,1-2H3. The van der Waals surface area contributed by atoms with Gasteiger partial charge in [0.1, 0.15) is 12.4 Å². The summed E-state index contributed by atoms with van der Waals surface area (Å²) in [5.41, 5.74) is 1.09. The summed E-state index contributed by atoms with van der Waals surface area (Å²) in [5.74, 6) is -1.03. The molecule has 0 saturated carbocycles. The molecule has 0 aliphatic rings. The first-order valence-corrected chi connectivity index (χ1v) is 6.84. The minimum atomic E-state index is -0.451. The van der Waals surface area contributed by atoms with E-state index in [1.54, 1.807) is 25.2 Å². The van der Waals surface area contributed by atoms with Crippen molar-refractivity contribution in [3.05, 3.63) is 60.4 Å². The van der Waals surface area contributed by atoms with Crippen LogP contribution < -0.4 is 9.80 Å². The number of benzene rings is 2.